The molecule has 3 aliphatic carbocycles. The van der Waals surface area contributed by atoms with Gasteiger partial charge in [0.05, 0.1) is 5.41 Å². The average Bonchev–Trinajstić information content (AvgIpc) is 1.68. The molecule has 3 atom stereocenters. The van der Waals surface area contributed by atoms with Gasteiger partial charge in [-0.15, -0.1) is 0 Å². The van der Waals surface area contributed by atoms with Crippen molar-refractivity contribution in [3.05, 3.63) is 336 Å². The normalized spacial score (nSPS) is 16.5. The lowest BCUT2D eigenvalue weighted by Crippen LogP contribution is -2.40. The van der Waals surface area contributed by atoms with Crippen molar-refractivity contribution in [1.29, 1.82) is 0 Å². The summed E-state index contributed by atoms with van der Waals surface area (Å²) in [6.45, 7) is 0. The van der Waals surface area contributed by atoms with Crippen LogP contribution in [0.15, 0.2) is 322 Å². The molecule has 0 saturated heterocycles. The molecule has 13 aromatic carbocycles. The predicted octanol–water partition coefficient (Wildman–Crippen LogP) is 26.4. The molecule has 0 radical (unpaired) electrons. The SMILES string of the molecule is C1=CC(c2ccccc2)Cc2c1oc1cc3c4c(oc3cc21)C=CC(C(C1=CCC2Oc3cc5c(cc3C2=C1)oc1ccc(-c2ccccc2)cc15)(c1ccc2oc3cc5c(cc3c2c1)oc1ccc(-c2ccccc2)cc15)c1ccc2oc3cc5c(cc3c2c1)oc1ccc(-c2ccccc2)cc15)C4. The molecule has 7 aromatic heterocycles. The Morgan fingerprint density at radius 2 is 0.695 bits per heavy atom. The van der Waals surface area contributed by atoms with Gasteiger partial charge < -0.3 is 35.7 Å². The highest BCUT2D eigenvalue weighted by Gasteiger charge is 2.48. The van der Waals surface area contributed by atoms with E-state index < -0.39 is 5.41 Å². The molecule has 8 nitrogen and oxygen atoms in total. The summed E-state index contributed by atoms with van der Waals surface area (Å²) in [6, 6.07) is 93.1. The lowest BCUT2D eigenvalue weighted by molar-refractivity contribution is 0.277. The summed E-state index contributed by atoms with van der Waals surface area (Å²) in [5.74, 6) is 2.60. The minimum atomic E-state index is -0.939. The monoisotopic (exact) mass is 1350 g/mol. The Labute approximate surface area is 598 Å². The number of hydrogen-bond donors (Lipinski definition) is 0. The fourth-order valence-electron chi connectivity index (χ4n) is 18.5. The molecule has 494 valence electrons. The quantitative estimate of drug-likeness (QED) is 0.148. The van der Waals surface area contributed by atoms with Crippen molar-refractivity contribution in [3.8, 4) is 39.1 Å². The van der Waals surface area contributed by atoms with Crippen LogP contribution < -0.4 is 4.74 Å². The molecule has 0 bridgehead atoms. The Morgan fingerprint density at radius 3 is 1.18 bits per heavy atom. The largest absolute Gasteiger partial charge is 0.485 e. The van der Waals surface area contributed by atoms with Crippen LogP contribution in [-0.4, -0.2) is 6.10 Å². The summed E-state index contributed by atoms with van der Waals surface area (Å²) in [5.41, 5.74) is 24.7. The van der Waals surface area contributed by atoms with Gasteiger partial charge in [0, 0.05) is 99.2 Å². The molecule has 3 unspecified atom stereocenters. The van der Waals surface area contributed by atoms with Crippen LogP contribution in [0.3, 0.4) is 0 Å². The first-order valence-electron chi connectivity index (χ1n) is 36.2. The standard InChI is InChI=1S/C97H58O8/c1-5-13-53(14-6-1)57-21-29-81-65(37-57)73-45-93-77(49-89(73)98-81)69-41-61(25-33-85(69)102-93)97(62-26-34-86-70(42-62)78-50-90-74(46-94(78)103-86)66-38-58(22-30-82(66)99-90)54-15-7-2-8-16-54,63-27-35-87-71(43-63)79-51-91-75(47-95(79)104-87)67-39-59(23-31-83(67)100-91)55-17-9-3-10-18-55)64-28-36-88-72(44-64)80-52-92-76(48-96(80)105-88)68-40-60(24-32-84(68)101-92)56-19-11-4-12-20-56/h1-35,37-38,40-42,44-52,59,63,88H,36,39,43H2. The second kappa shape index (κ2) is 21.4. The summed E-state index contributed by atoms with van der Waals surface area (Å²) >= 11 is 0. The zero-order chi connectivity index (χ0) is 68.3. The van der Waals surface area contributed by atoms with Gasteiger partial charge in [-0.25, -0.2) is 0 Å². The van der Waals surface area contributed by atoms with Gasteiger partial charge in [0.15, 0.2) is 0 Å². The molecular formula is C97H58O8. The second-order valence-electron chi connectivity index (χ2n) is 29.1. The van der Waals surface area contributed by atoms with Gasteiger partial charge in [-0.3, -0.25) is 0 Å². The molecule has 24 rings (SSSR count). The molecule has 0 fully saturated rings. The van der Waals surface area contributed by atoms with Crippen LogP contribution >= 0.6 is 0 Å². The first kappa shape index (κ1) is 57.3. The van der Waals surface area contributed by atoms with Gasteiger partial charge in [0.25, 0.3) is 0 Å². The van der Waals surface area contributed by atoms with E-state index in [1.165, 1.54) is 11.1 Å². The molecule has 105 heavy (non-hydrogen) atoms. The fourth-order valence-corrected chi connectivity index (χ4v) is 18.5. The molecular weight excluding hydrogens is 1290 g/mol. The van der Waals surface area contributed by atoms with Crippen molar-refractivity contribution in [3.63, 3.8) is 0 Å². The number of rotatable bonds is 8. The Hall–Kier alpha value is -13.3. The zero-order valence-corrected chi connectivity index (χ0v) is 56.4. The van der Waals surface area contributed by atoms with Crippen molar-refractivity contribution >= 4 is 149 Å². The molecule has 0 amide bonds. The third-order valence-electron chi connectivity index (χ3n) is 23.5. The number of allylic oxidation sites excluding steroid dienone is 4. The Kier molecular flexibility index (Phi) is 11.7. The van der Waals surface area contributed by atoms with Crippen molar-refractivity contribution in [2.24, 2.45) is 5.92 Å². The van der Waals surface area contributed by atoms with E-state index in [0.717, 1.165) is 222 Å². The number of ether oxygens (including phenoxy) is 1. The van der Waals surface area contributed by atoms with Crippen molar-refractivity contribution < 1.29 is 35.7 Å². The van der Waals surface area contributed by atoms with Gasteiger partial charge in [0.2, 0.25) is 0 Å². The number of furan rings is 7. The fraction of sp³-hybridized carbons (Fsp3) is 0.0722. The van der Waals surface area contributed by atoms with Gasteiger partial charge >= 0.3 is 0 Å². The van der Waals surface area contributed by atoms with Gasteiger partial charge in [-0.1, -0.05) is 176 Å². The van der Waals surface area contributed by atoms with Crippen LogP contribution in [0.1, 0.15) is 57.2 Å². The van der Waals surface area contributed by atoms with E-state index in [0.29, 0.717) is 12.8 Å². The summed E-state index contributed by atoms with van der Waals surface area (Å²) in [7, 11) is 0. The van der Waals surface area contributed by atoms with E-state index in [9.17, 15) is 0 Å². The van der Waals surface area contributed by atoms with Crippen molar-refractivity contribution in [2.45, 2.75) is 36.7 Å². The van der Waals surface area contributed by atoms with E-state index in [2.05, 4.69) is 297 Å². The van der Waals surface area contributed by atoms with Crippen LogP contribution in [0, 0.1) is 5.92 Å². The lowest BCUT2D eigenvalue weighted by atomic mass is 9.57. The van der Waals surface area contributed by atoms with Crippen LogP contribution in [0.25, 0.3) is 183 Å². The third-order valence-corrected chi connectivity index (χ3v) is 23.5. The lowest BCUT2D eigenvalue weighted by Gasteiger charge is -2.44. The minimum absolute atomic E-state index is 0.230. The van der Waals surface area contributed by atoms with Crippen LogP contribution in [0.2, 0.25) is 0 Å². The van der Waals surface area contributed by atoms with Gasteiger partial charge in [0.1, 0.15) is 90.4 Å². The molecule has 20 aromatic rings. The summed E-state index contributed by atoms with van der Waals surface area (Å²) < 4.78 is 55.7. The second-order valence-corrected chi connectivity index (χ2v) is 29.1. The average molecular weight is 1350 g/mol. The Balaban J connectivity index is 0.729. The molecule has 4 aliphatic rings. The van der Waals surface area contributed by atoms with Gasteiger partial charge in [-0.05, 0) is 196 Å². The zero-order valence-electron chi connectivity index (χ0n) is 56.4. The summed E-state index contributed by atoms with van der Waals surface area (Å²) in [5, 5.41) is 12.2. The van der Waals surface area contributed by atoms with Crippen LogP contribution in [-0.2, 0) is 18.3 Å². The van der Waals surface area contributed by atoms with E-state index in [1.807, 2.05) is 0 Å². The van der Waals surface area contributed by atoms with E-state index in [4.69, 9.17) is 35.7 Å². The highest BCUT2D eigenvalue weighted by atomic mass is 16.5. The maximum atomic E-state index is 7.17. The van der Waals surface area contributed by atoms with Crippen molar-refractivity contribution in [1.82, 2.24) is 0 Å². The van der Waals surface area contributed by atoms with E-state index >= 15 is 0 Å². The summed E-state index contributed by atoms with van der Waals surface area (Å²) in [4.78, 5) is 0. The first-order valence-corrected chi connectivity index (χ1v) is 36.2. The highest BCUT2D eigenvalue weighted by molar-refractivity contribution is 6.18. The molecule has 0 spiro atoms. The smallest absolute Gasteiger partial charge is 0.136 e. The molecule has 8 heteroatoms. The van der Waals surface area contributed by atoms with E-state index in [1.54, 1.807) is 0 Å². The number of benzene rings is 13. The predicted molar refractivity (Wildman–Crippen MR) is 422 cm³/mol. The Morgan fingerprint density at radius 1 is 0.305 bits per heavy atom. The van der Waals surface area contributed by atoms with Crippen LogP contribution in [0.5, 0.6) is 5.75 Å². The summed E-state index contributed by atoms with van der Waals surface area (Å²) in [6.07, 6.45) is 15.8. The van der Waals surface area contributed by atoms with E-state index in [-0.39, 0.29) is 17.9 Å². The molecule has 0 saturated carbocycles. The molecule has 8 heterocycles. The van der Waals surface area contributed by atoms with Crippen molar-refractivity contribution in [2.75, 3.05) is 0 Å². The maximum Gasteiger partial charge on any atom is 0.136 e. The molecule has 1 aliphatic heterocycles. The highest BCUT2D eigenvalue weighted by Crippen LogP contribution is 2.57. The Bertz CT molecular complexity index is 7050. The first-order chi connectivity index (χ1) is 51.9. The maximum absolute atomic E-state index is 7.17. The number of hydrogen-bond acceptors (Lipinski definition) is 8. The molecule has 0 N–H and O–H groups in total. The number of fused-ring (bicyclic) bond motifs is 24. The minimum Gasteiger partial charge on any atom is -0.485 e. The topological polar surface area (TPSA) is 101 Å². The van der Waals surface area contributed by atoms with Crippen LogP contribution in [0.4, 0.5) is 0 Å². The van der Waals surface area contributed by atoms with Gasteiger partial charge in [-0.2, -0.15) is 0 Å². The third kappa shape index (κ3) is 8.44.